The van der Waals surface area contributed by atoms with Crippen molar-refractivity contribution in [2.75, 3.05) is 12.3 Å². The number of oxime groups is 1. The highest BCUT2D eigenvalue weighted by atomic mass is 32.2. The third kappa shape index (κ3) is 5.54. The maximum absolute atomic E-state index is 12.9. The highest BCUT2D eigenvalue weighted by molar-refractivity contribution is 8.08. The second-order valence-electron chi connectivity index (χ2n) is 7.17. The number of thioether (sulfide) groups is 2. The van der Waals surface area contributed by atoms with Gasteiger partial charge in [-0.1, -0.05) is 28.9 Å². The molecular formula is C22H18N6O5S3. The van der Waals surface area contributed by atoms with Gasteiger partial charge in [0.25, 0.3) is 11.8 Å². The Morgan fingerprint density at radius 1 is 1.47 bits per heavy atom. The Morgan fingerprint density at radius 3 is 2.97 bits per heavy atom. The quantitative estimate of drug-likeness (QED) is 0.139. The molecule has 184 valence electrons. The van der Waals surface area contributed by atoms with Crippen molar-refractivity contribution in [2.24, 2.45) is 5.16 Å². The predicted octanol–water partition coefficient (Wildman–Crippen LogP) is 1.57. The number of carboxylic acid groups (broad SMARTS) is 1. The number of amides is 2. The van der Waals surface area contributed by atoms with Gasteiger partial charge in [0.05, 0.1) is 0 Å². The summed E-state index contributed by atoms with van der Waals surface area (Å²) < 4.78 is 0. The van der Waals surface area contributed by atoms with Gasteiger partial charge in [-0.2, -0.15) is 0 Å². The van der Waals surface area contributed by atoms with Gasteiger partial charge < -0.3 is 25.9 Å². The number of nitrogen functional groups attached to an aromatic ring is 1. The molecule has 4 rings (SSSR count). The van der Waals surface area contributed by atoms with Crippen LogP contribution in [0.2, 0.25) is 0 Å². The SMILES string of the molecule is C#CCO/N=C(\C(=O)NC1C(=O)N2C=C(S/C=C\c3cccnc3)C(C(=O)O)S[C@H]12)c1csc(N)n1. The summed E-state index contributed by atoms with van der Waals surface area (Å²) in [7, 11) is 0. The number of hydrogen-bond acceptors (Lipinski definition) is 11. The molecule has 36 heavy (non-hydrogen) atoms. The van der Waals surface area contributed by atoms with Crippen molar-refractivity contribution in [1.29, 1.82) is 0 Å². The number of carbonyl (C=O) groups excluding carboxylic acids is 2. The van der Waals surface area contributed by atoms with E-state index < -0.39 is 28.5 Å². The summed E-state index contributed by atoms with van der Waals surface area (Å²) in [6.45, 7) is -0.175. The van der Waals surface area contributed by atoms with E-state index in [0.717, 1.165) is 28.7 Å². The Bertz CT molecular complexity index is 1300. The van der Waals surface area contributed by atoms with E-state index in [0.29, 0.717) is 4.91 Å². The predicted molar refractivity (Wildman–Crippen MR) is 138 cm³/mol. The van der Waals surface area contributed by atoms with Crippen LogP contribution in [0.5, 0.6) is 0 Å². The lowest BCUT2D eigenvalue weighted by Gasteiger charge is -2.48. The molecule has 11 nitrogen and oxygen atoms in total. The van der Waals surface area contributed by atoms with Crippen LogP contribution in [-0.4, -0.2) is 66.7 Å². The fourth-order valence-electron chi connectivity index (χ4n) is 3.19. The zero-order chi connectivity index (χ0) is 25.7. The second-order valence-corrected chi connectivity index (χ2v) is 10.3. The van der Waals surface area contributed by atoms with E-state index in [-0.39, 0.29) is 29.1 Å². The maximum Gasteiger partial charge on any atom is 0.321 e. The standard InChI is InChI=1S/C22H18N6O5S3/c1-2-7-33-27-15(13-11-35-22(23)25-13)18(29)26-16-19(30)28-10-14(17(21(31)32)36-20(16)28)34-8-5-12-4-3-6-24-9-12/h1,3-6,8-11,16-17,20H,7H2,(H2,23,25)(H,26,29)(H,31,32)/b8-5-,27-15-/t16?,17?,20-/m1/s1. The Kier molecular flexibility index (Phi) is 7.93. The molecule has 1 fully saturated rings. The monoisotopic (exact) mass is 542 g/mol. The zero-order valence-corrected chi connectivity index (χ0v) is 20.8. The molecule has 0 saturated carbocycles. The Labute approximate surface area is 217 Å². The summed E-state index contributed by atoms with van der Waals surface area (Å²) in [5, 5.41) is 18.1. The fraction of sp³-hybridized carbons (Fsp3) is 0.182. The molecule has 0 aromatic carbocycles. The molecule has 3 atom stereocenters. The van der Waals surface area contributed by atoms with Crippen LogP contribution in [-0.2, 0) is 19.2 Å². The van der Waals surface area contributed by atoms with Crippen LogP contribution in [0, 0.1) is 12.3 Å². The van der Waals surface area contributed by atoms with Gasteiger partial charge in [-0.25, -0.2) is 4.98 Å². The Balaban J connectivity index is 1.48. The molecule has 1 saturated heterocycles. The number of aliphatic carboxylic acids is 1. The van der Waals surface area contributed by atoms with E-state index in [9.17, 15) is 19.5 Å². The first-order valence-electron chi connectivity index (χ1n) is 10.2. The number of nitrogens with two attached hydrogens (primary N) is 1. The van der Waals surface area contributed by atoms with Gasteiger partial charge in [-0.3, -0.25) is 19.4 Å². The number of pyridine rings is 1. The number of fused-ring (bicyclic) bond motifs is 1. The first-order valence-corrected chi connectivity index (χ1v) is 12.9. The van der Waals surface area contributed by atoms with E-state index in [1.807, 2.05) is 6.07 Å². The number of hydrogen-bond donors (Lipinski definition) is 3. The lowest BCUT2D eigenvalue weighted by molar-refractivity contribution is -0.144. The van der Waals surface area contributed by atoms with Crippen molar-refractivity contribution in [1.82, 2.24) is 20.2 Å². The van der Waals surface area contributed by atoms with Crippen molar-refractivity contribution >= 4 is 69.6 Å². The number of β-lactam (4-membered cyclic amide) rings is 1. The van der Waals surface area contributed by atoms with Gasteiger partial charge in [0.1, 0.15) is 22.4 Å². The third-order valence-corrected chi connectivity index (χ3v) is 8.04. The summed E-state index contributed by atoms with van der Waals surface area (Å²) in [6, 6.07) is 2.69. The van der Waals surface area contributed by atoms with Gasteiger partial charge in [-0.15, -0.1) is 29.5 Å². The number of carbonyl (C=O) groups is 3. The number of thiazole rings is 1. The molecule has 0 bridgehead atoms. The van der Waals surface area contributed by atoms with Crippen LogP contribution in [0.15, 0.2) is 51.6 Å². The van der Waals surface area contributed by atoms with Crippen LogP contribution in [0.4, 0.5) is 5.13 Å². The summed E-state index contributed by atoms with van der Waals surface area (Å²) in [4.78, 5) is 52.6. The maximum atomic E-state index is 12.9. The minimum atomic E-state index is -1.06. The van der Waals surface area contributed by atoms with Crippen molar-refractivity contribution in [3.05, 3.63) is 57.7 Å². The Hall–Kier alpha value is -3.80. The lowest BCUT2D eigenvalue weighted by atomic mass is 10.1. The third-order valence-electron chi connectivity index (χ3n) is 4.82. The van der Waals surface area contributed by atoms with Gasteiger partial charge >= 0.3 is 5.97 Å². The van der Waals surface area contributed by atoms with Crippen molar-refractivity contribution < 1.29 is 24.3 Å². The van der Waals surface area contributed by atoms with Crippen molar-refractivity contribution in [3.8, 4) is 12.3 Å². The molecule has 0 spiro atoms. The van der Waals surface area contributed by atoms with Crippen LogP contribution in [0.1, 0.15) is 11.3 Å². The first-order chi connectivity index (χ1) is 17.4. The Morgan fingerprint density at radius 2 is 2.31 bits per heavy atom. The van der Waals surface area contributed by atoms with Gasteiger partial charge in [0.2, 0.25) is 0 Å². The van der Waals surface area contributed by atoms with E-state index in [4.69, 9.17) is 17.0 Å². The topological polar surface area (TPSA) is 160 Å². The average molecular weight is 543 g/mol. The molecule has 2 aromatic heterocycles. The largest absolute Gasteiger partial charge is 0.480 e. The van der Waals surface area contributed by atoms with Crippen molar-refractivity contribution in [3.63, 3.8) is 0 Å². The molecule has 0 radical (unpaired) electrons. The summed E-state index contributed by atoms with van der Waals surface area (Å²) in [5.41, 5.74) is 6.47. The number of anilines is 1. The molecule has 4 N–H and O–H groups in total. The minimum Gasteiger partial charge on any atom is -0.480 e. The summed E-state index contributed by atoms with van der Waals surface area (Å²) in [5.74, 6) is 0.0562. The lowest BCUT2D eigenvalue weighted by Crippen LogP contribution is -2.69. The summed E-state index contributed by atoms with van der Waals surface area (Å²) >= 11 is 3.36. The molecular weight excluding hydrogens is 524 g/mol. The average Bonchev–Trinajstić information content (AvgIpc) is 3.30. The van der Waals surface area contributed by atoms with E-state index in [1.165, 1.54) is 28.2 Å². The molecule has 2 amide bonds. The molecule has 4 heterocycles. The molecule has 2 aliphatic heterocycles. The second kappa shape index (κ2) is 11.3. The van der Waals surface area contributed by atoms with E-state index in [1.54, 1.807) is 29.9 Å². The van der Waals surface area contributed by atoms with Crippen LogP contribution < -0.4 is 11.1 Å². The van der Waals surface area contributed by atoms with E-state index >= 15 is 0 Å². The molecule has 14 heteroatoms. The van der Waals surface area contributed by atoms with Crippen molar-refractivity contribution in [2.45, 2.75) is 16.7 Å². The van der Waals surface area contributed by atoms with Gasteiger partial charge in [0.15, 0.2) is 17.5 Å². The normalized spacial score (nSPS) is 21.2. The number of aromatic nitrogens is 2. The number of terminal acetylenes is 1. The first kappa shape index (κ1) is 25.3. The molecule has 2 unspecified atom stereocenters. The van der Waals surface area contributed by atoms with Gasteiger partial charge in [0, 0.05) is 28.9 Å². The molecule has 2 aliphatic rings. The highest BCUT2D eigenvalue weighted by Gasteiger charge is 2.53. The smallest absolute Gasteiger partial charge is 0.321 e. The van der Waals surface area contributed by atoms with Crippen LogP contribution in [0.25, 0.3) is 6.08 Å². The minimum absolute atomic E-state index is 0.161. The van der Waals surface area contributed by atoms with Gasteiger partial charge in [-0.05, 0) is 23.1 Å². The number of nitrogens with zero attached hydrogens (tertiary/aromatic N) is 4. The zero-order valence-electron chi connectivity index (χ0n) is 18.3. The number of rotatable bonds is 9. The summed E-state index contributed by atoms with van der Waals surface area (Å²) in [6.07, 6.45) is 11.8. The highest BCUT2D eigenvalue weighted by Crippen LogP contribution is 2.44. The van der Waals surface area contributed by atoms with E-state index in [2.05, 4.69) is 26.4 Å². The van der Waals surface area contributed by atoms with Crippen LogP contribution in [0.3, 0.4) is 0 Å². The molecule has 0 aliphatic carbocycles. The fourth-order valence-corrected chi connectivity index (χ4v) is 6.08. The number of carboxylic acids is 1. The number of nitrogens with one attached hydrogen (secondary N) is 1. The van der Waals surface area contributed by atoms with Crippen LogP contribution >= 0.6 is 34.9 Å². The molecule has 2 aromatic rings.